The molecule has 2 fully saturated rings. The summed E-state index contributed by atoms with van der Waals surface area (Å²) in [5.41, 5.74) is 2.62. The van der Waals surface area contributed by atoms with Crippen LogP contribution in [0.4, 0.5) is 17.1 Å². The van der Waals surface area contributed by atoms with Gasteiger partial charge in [0.25, 0.3) is 11.6 Å². The molecular weight excluding hydrogens is 410 g/mol. The van der Waals surface area contributed by atoms with Gasteiger partial charge in [-0.25, -0.2) is 9.96 Å². The van der Waals surface area contributed by atoms with Gasteiger partial charge in [0.1, 0.15) is 5.92 Å². The molecular formula is C24H19N3O5. The fourth-order valence-electron chi connectivity index (χ4n) is 4.32. The Morgan fingerprint density at radius 2 is 1.56 bits per heavy atom. The van der Waals surface area contributed by atoms with Crippen molar-refractivity contribution in [2.24, 2.45) is 5.92 Å². The average molecular weight is 429 g/mol. The maximum absolute atomic E-state index is 13.5. The number of para-hydroxylation sites is 1. The molecule has 0 radical (unpaired) electrons. The van der Waals surface area contributed by atoms with Crippen LogP contribution in [-0.4, -0.2) is 22.8 Å². The number of anilines is 2. The number of benzene rings is 3. The van der Waals surface area contributed by atoms with Gasteiger partial charge in [-0.2, -0.15) is 0 Å². The van der Waals surface area contributed by atoms with Crippen LogP contribution in [0.3, 0.4) is 0 Å². The smallest absolute Gasteiger partial charge is 0.271 e. The predicted octanol–water partition coefficient (Wildman–Crippen LogP) is 3.95. The third-order valence-corrected chi connectivity index (χ3v) is 5.84. The Hall–Kier alpha value is -4.04. The van der Waals surface area contributed by atoms with E-state index >= 15 is 0 Å². The highest BCUT2D eigenvalue weighted by atomic mass is 16.7. The minimum Gasteiger partial charge on any atom is -0.273 e. The molecule has 0 saturated carbocycles. The van der Waals surface area contributed by atoms with Crippen LogP contribution in [0.15, 0.2) is 78.9 Å². The molecule has 5 rings (SSSR count). The Balaban J connectivity index is 1.57. The highest BCUT2D eigenvalue weighted by Gasteiger charge is 2.60. The maximum atomic E-state index is 13.5. The zero-order valence-electron chi connectivity index (χ0n) is 17.1. The molecule has 160 valence electrons. The van der Waals surface area contributed by atoms with E-state index in [1.165, 1.54) is 24.3 Å². The molecule has 8 nitrogen and oxygen atoms in total. The molecule has 0 bridgehead atoms. The fraction of sp³-hybridized carbons (Fsp3) is 0.167. The largest absolute Gasteiger partial charge is 0.273 e. The molecule has 0 spiro atoms. The van der Waals surface area contributed by atoms with E-state index in [0.29, 0.717) is 0 Å². The Kier molecular flexibility index (Phi) is 4.71. The van der Waals surface area contributed by atoms with Gasteiger partial charge >= 0.3 is 0 Å². The van der Waals surface area contributed by atoms with Crippen molar-refractivity contribution in [2.45, 2.75) is 19.1 Å². The van der Waals surface area contributed by atoms with E-state index in [1.54, 1.807) is 5.06 Å². The Morgan fingerprint density at radius 1 is 0.875 bits per heavy atom. The van der Waals surface area contributed by atoms with Gasteiger partial charge in [0.2, 0.25) is 5.91 Å². The molecule has 0 aliphatic carbocycles. The number of imide groups is 1. The molecule has 3 aromatic rings. The van der Waals surface area contributed by atoms with Crippen molar-refractivity contribution < 1.29 is 19.3 Å². The number of amides is 2. The molecule has 0 aromatic heterocycles. The van der Waals surface area contributed by atoms with Crippen LogP contribution in [0.1, 0.15) is 17.2 Å². The second-order valence-corrected chi connectivity index (χ2v) is 7.86. The van der Waals surface area contributed by atoms with Gasteiger partial charge in [-0.05, 0) is 30.7 Å². The van der Waals surface area contributed by atoms with Crippen molar-refractivity contribution in [1.82, 2.24) is 0 Å². The van der Waals surface area contributed by atoms with Crippen molar-refractivity contribution in [2.75, 3.05) is 9.96 Å². The molecule has 3 atom stereocenters. The molecule has 8 heteroatoms. The van der Waals surface area contributed by atoms with E-state index in [1.807, 2.05) is 61.5 Å². The van der Waals surface area contributed by atoms with Crippen molar-refractivity contribution in [1.29, 1.82) is 0 Å². The summed E-state index contributed by atoms with van der Waals surface area (Å²) in [6.07, 6.45) is -1.02. The first kappa shape index (κ1) is 19.9. The predicted molar refractivity (Wildman–Crippen MR) is 117 cm³/mol. The monoisotopic (exact) mass is 429 g/mol. The quantitative estimate of drug-likeness (QED) is 0.354. The van der Waals surface area contributed by atoms with Gasteiger partial charge in [-0.1, -0.05) is 54.1 Å². The third-order valence-electron chi connectivity index (χ3n) is 5.84. The van der Waals surface area contributed by atoms with Crippen LogP contribution in [0.2, 0.25) is 0 Å². The van der Waals surface area contributed by atoms with E-state index in [9.17, 15) is 19.7 Å². The number of fused-ring (bicyclic) bond motifs is 1. The van der Waals surface area contributed by atoms with Gasteiger partial charge in [-0.15, -0.1) is 0 Å². The first-order valence-corrected chi connectivity index (χ1v) is 10.2. The summed E-state index contributed by atoms with van der Waals surface area (Å²) in [4.78, 5) is 44.5. The molecule has 2 amide bonds. The number of hydrogen-bond acceptors (Lipinski definition) is 6. The van der Waals surface area contributed by atoms with E-state index in [4.69, 9.17) is 4.84 Å². The van der Waals surface area contributed by atoms with Crippen LogP contribution in [-0.2, 0) is 14.4 Å². The van der Waals surface area contributed by atoms with Gasteiger partial charge < -0.3 is 0 Å². The molecule has 2 saturated heterocycles. The second kappa shape index (κ2) is 7.58. The summed E-state index contributed by atoms with van der Waals surface area (Å²) >= 11 is 0. The molecule has 3 aromatic carbocycles. The Bertz CT molecular complexity index is 1210. The van der Waals surface area contributed by atoms with Crippen LogP contribution in [0.25, 0.3) is 0 Å². The number of nitro groups is 1. The number of non-ortho nitro benzene ring substituents is 1. The van der Waals surface area contributed by atoms with Crippen molar-refractivity contribution in [3.63, 3.8) is 0 Å². The lowest BCUT2D eigenvalue weighted by Crippen LogP contribution is -2.37. The first-order chi connectivity index (χ1) is 15.5. The fourth-order valence-corrected chi connectivity index (χ4v) is 4.32. The molecule has 0 unspecified atom stereocenters. The second-order valence-electron chi connectivity index (χ2n) is 7.86. The Labute approximate surface area is 183 Å². The summed E-state index contributed by atoms with van der Waals surface area (Å²) < 4.78 is 0. The first-order valence-electron chi connectivity index (χ1n) is 10.2. The van der Waals surface area contributed by atoms with Crippen LogP contribution in [0, 0.1) is 23.0 Å². The molecule has 2 heterocycles. The van der Waals surface area contributed by atoms with E-state index in [2.05, 4.69) is 0 Å². The molecule has 2 aliphatic rings. The van der Waals surface area contributed by atoms with Crippen molar-refractivity contribution >= 4 is 28.9 Å². The molecule has 2 aliphatic heterocycles. The summed E-state index contributed by atoms with van der Waals surface area (Å²) in [6, 6.07) is 22.1. The van der Waals surface area contributed by atoms with Gasteiger partial charge in [-0.3, -0.25) is 24.5 Å². The van der Waals surface area contributed by atoms with Crippen LogP contribution < -0.4 is 9.96 Å². The highest BCUT2D eigenvalue weighted by molar-refractivity contribution is 6.24. The van der Waals surface area contributed by atoms with Gasteiger partial charge in [0.05, 0.1) is 22.3 Å². The summed E-state index contributed by atoms with van der Waals surface area (Å²) in [5.74, 6) is -1.76. The standard InChI is InChI=1S/C24H19N3O5/c1-15-10-12-16(13-11-15)21-20-22(32-26(21)17-6-3-2-4-7-17)24(29)25(23(20)28)18-8-5-9-19(14-18)27(30)31/h2-14,20-22H,1H3/t20-,21+,22+/m0/s1. The Morgan fingerprint density at radius 3 is 2.25 bits per heavy atom. The van der Waals surface area contributed by atoms with Gasteiger partial charge in [0, 0.05) is 12.1 Å². The summed E-state index contributed by atoms with van der Waals surface area (Å²) in [6.45, 7) is 1.97. The highest BCUT2D eigenvalue weighted by Crippen LogP contribution is 2.47. The SMILES string of the molecule is Cc1ccc([C@@H]2[C@@H]3C(=O)N(c4cccc([N+](=O)[O-])c4)C(=O)[C@@H]3ON2c2ccccc2)cc1. The van der Waals surface area contributed by atoms with Gasteiger partial charge in [0.15, 0.2) is 6.10 Å². The number of carbonyl (C=O) groups is 2. The lowest BCUT2D eigenvalue weighted by molar-refractivity contribution is -0.384. The number of nitro benzene ring substituents is 1. The van der Waals surface area contributed by atoms with E-state index in [0.717, 1.165) is 21.7 Å². The van der Waals surface area contributed by atoms with Crippen molar-refractivity contribution in [3.8, 4) is 0 Å². The number of rotatable bonds is 4. The zero-order chi connectivity index (χ0) is 22.4. The molecule has 32 heavy (non-hydrogen) atoms. The minimum absolute atomic E-state index is 0.168. The van der Waals surface area contributed by atoms with E-state index < -0.39 is 34.8 Å². The summed E-state index contributed by atoms with van der Waals surface area (Å²) in [5, 5.41) is 12.8. The lowest BCUT2D eigenvalue weighted by Gasteiger charge is -2.28. The van der Waals surface area contributed by atoms with E-state index in [-0.39, 0.29) is 11.4 Å². The van der Waals surface area contributed by atoms with Crippen LogP contribution in [0.5, 0.6) is 0 Å². The number of carbonyl (C=O) groups excluding carboxylic acids is 2. The number of aryl methyl sites for hydroxylation is 1. The number of hydrogen-bond donors (Lipinski definition) is 0. The summed E-state index contributed by atoms with van der Waals surface area (Å²) in [7, 11) is 0. The molecule has 0 N–H and O–H groups in total. The minimum atomic E-state index is -1.02. The number of hydroxylamine groups is 1. The average Bonchev–Trinajstić information content (AvgIpc) is 3.31. The normalized spacial score (nSPS) is 22.3. The van der Waals surface area contributed by atoms with Crippen molar-refractivity contribution in [3.05, 3.63) is 100 Å². The lowest BCUT2D eigenvalue weighted by atomic mass is 9.90. The zero-order valence-corrected chi connectivity index (χ0v) is 17.1. The topological polar surface area (TPSA) is 93.0 Å². The van der Waals surface area contributed by atoms with Crippen LogP contribution >= 0.6 is 0 Å². The third kappa shape index (κ3) is 3.12. The maximum Gasteiger partial charge on any atom is 0.271 e. The number of nitrogens with zero attached hydrogens (tertiary/aromatic N) is 3.